The maximum Gasteiger partial charge on any atom is 0.337 e. The molecule has 2 rings (SSSR count). The van der Waals surface area contributed by atoms with E-state index in [2.05, 4.69) is 31.4 Å². The van der Waals surface area contributed by atoms with E-state index < -0.39 is 5.97 Å². The molecule has 0 radical (unpaired) electrons. The van der Waals surface area contributed by atoms with Gasteiger partial charge in [-0.1, -0.05) is 26.8 Å². The number of rotatable bonds is 2. The number of anilines is 2. The lowest BCUT2D eigenvalue weighted by Gasteiger charge is -2.23. The molecular formula is C15H20N2O3. The first-order valence-electron chi connectivity index (χ1n) is 6.69. The summed E-state index contributed by atoms with van der Waals surface area (Å²) in [6.45, 7) is 6.77. The molecule has 5 nitrogen and oxygen atoms in total. The average molecular weight is 276 g/mol. The highest BCUT2D eigenvalue weighted by Crippen LogP contribution is 2.32. The van der Waals surface area contributed by atoms with E-state index in [0.29, 0.717) is 17.9 Å². The Kier molecular flexibility index (Phi) is 3.70. The van der Waals surface area contributed by atoms with Crippen molar-refractivity contribution in [3.63, 3.8) is 0 Å². The van der Waals surface area contributed by atoms with Crippen LogP contribution in [0.25, 0.3) is 0 Å². The number of fused-ring (bicyclic) bond motifs is 1. The van der Waals surface area contributed by atoms with Gasteiger partial charge in [0.15, 0.2) is 0 Å². The first kappa shape index (κ1) is 14.4. The number of carbonyl (C=O) groups excluding carboxylic acids is 1. The summed E-state index contributed by atoms with van der Waals surface area (Å²) in [4.78, 5) is 23.5. The molecule has 1 unspecified atom stereocenters. The first-order chi connectivity index (χ1) is 9.28. The van der Waals surface area contributed by atoms with Crippen molar-refractivity contribution in [3.05, 3.63) is 23.8 Å². The van der Waals surface area contributed by atoms with Crippen LogP contribution in [0.2, 0.25) is 0 Å². The van der Waals surface area contributed by atoms with Crippen molar-refractivity contribution in [2.24, 2.45) is 11.3 Å². The minimum Gasteiger partial charge on any atom is -0.478 e. The molecular weight excluding hydrogens is 256 g/mol. The third kappa shape index (κ3) is 3.10. The standard InChI is InChI=1S/C15H20N2O3/c1-15(2,3)7-9-8-16-11-6-4-5-10(14(19)20)12(11)17-13(9)18/h4-6,9,16H,7-8H2,1-3H3,(H,17,18)(H,19,20). The fourth-order valence-corrected chi connectivity index (χ4v) is 2.47. The van der Waals surface area contributed by atoms with Crippen molar-refractivity contribution in [2.75, 3.05) is 17.2 Å². The summed E-state index contributed by atoms with van der Waals surface area (Å²) in [5, 5.41) is 15.1. The van der Waals surface area contributed by atoms with E-state index in [4.69, 9.17) is 0 Å². The highest BCUT2D eigenvalue weighted by Gasteiger charge is 2.29. The van der Waals surface area contributed by atoms with Gasteiger partial charge in [-0.25, -0.2) is 4.79 Å². The maximum atomic E-state index is 12.3. The van der Waals surface area contributed by atoms with Crippen LogP contribution in [0.4, 0.5) is 11.4 Å². The molecule has 0 bridgehead atoms. The first-order valence-corrected chi connectivity index (χ1v) is 6.69. The predicted octanol–water partition coefficient (Wildman–Crippen LogP) is 2.80. The SMILES string of the molecule is CC(C)(C)CC1CNc2cccc(C(=O)O)c2NC1=O. The summed E-state index contributed by atoms with van der Waals surface area (Å²) in [6.07, 6.45) is 0.738. The molecule has 3 N–H and O–H groups in total. The molecule has 1 aliphatic heterocycles. The van der Waals surface area contributed by atoms with Crippen LogP contribution in [0.15, 0.2) is 18.2 Å². The fraction of sp³-hybridized carbons (Fsp3) is 0.467. The molecule has 0 spiro atoms. The number of hydrogen-bond donors (Lipinski definition) is 3. The molecule has 0 fully saturated rings. The molecule has 108 valence electrons. The molecule has 0 saturated heterocycles. The van der Waals surface area contributed by atoms with Crippen LogP contribution < -0.4 is 10.6 Å². The van der Waals surface area contributed by atoms with Crippen molar-refractivity contribution in [1.82, 2.24) is 0 Å². The second kappa shape index (κ2) is 5.15. The molecule has 5 heteroatoms. The Bertz CT molecular complexity index is 547. The fourth-order valence-electron chi connectivity index (χ4n) is 2.47. The average Bonchev–Trinajstić information content (AvgIpc) is 2.47. The molecule has 1 amide bonds. The molecule has 20 heavy (non-hydrogen) atoms. The van der Waals surface area contributed by atoms with Crippen LogP contribution >= 0.6 is 0 Å². The number of carboxylic acid groups (broad SMARTS) is 1. The van der Waals surface area contributed by atoms with Crippen LogP contribution in [0.3, 0.4) is 0 Å². The normalized spacial score (nSPS) is 18.6. The molecule has 0 saturated carbocycles. The number of amides is 1. The van der Waals surface area contributed by atoms with Gasteiger partial charge in [-0.15, -0.1) is 0 Å². The molecule has 1 heterocycles. The Morgan fingerprint density at radius 1 is 1.40 bits per heavy atom. The highest BCUT2D eigenvalue weighted by atomic mass is 16.4. The third-order valence-electron chi connectivity index (χ3n) is 3.31. The van der Waals surface area contributed by atoms with Gasteiger partial charge in [-0.2, -0.15) is 0 Å². The molecule has 1 atom stereocenters. The van der Waals surface area contributed by atoms with E-state index in [1.807, 2.05) is 0 Å². The van der Waals surface area contributed by atoms with Gasteiger partial charge in [-0.05, 0) is 24.0 Å². The number of aromatic carboxylic acids is 1. The Morgan fingerprint density at radius 3 is 2.70 bits per heavy atom. The lowest BCUT2D eigenvalue weighted by atomic mass is 9.84. The van der Waals surface area contributed by atoms with Gasteiger partial charge in [0.2, 0.25) is 5.91 Å². The zero-order chi connectivity index (χ0) is 14.9. The third-order valence-corrected chi connectivity index (χ3v) is 3.31. The van der Waals surface area contributed by atoms with E-state index in [-0.39, 0.29) is 22.8 Å². The van der Waals surface area contributed by atoms with Crippen LogP contribution in [-0.2, 0) is 4.79 Å². The van der Waals surface area contributed by atoms with Gasteiger partial charge in [0.05, 0.1) is 22.9 Å². The Labute approximate surface area is 118 Å². The molecule has 1 aromatic carbocycles. The van der Waals surface area contributed by atoms with Crippen LogP contribution in [0, 0.1) is 11.3 Å². The summed E-state index contributed by atoms with van der Waals surface area (Å²) in [5.41, 5.74) is 1.17. The summed E-state index contributed by atoms with van der Waals surface area (Å²) in [6, 6.07) is 4.94. The van der Waals surface area contributed by atoms with Gasteiger partial charge in [0, 0.05) is 6.54 Å². The van der Waals surface area contributed by atoms with Gasteiger partial charge < -0.3 is 15.7 Å². The summed E-state index contributed by atoms with van der Waals surface area (Å²) in [5.74, 6) is -1.35. The number of nitrogens with one attached hydrogen (secondary N) is 2. The summed E-state index contributed by atoms with van der Waals surface area (Å²) < 4.78 is 0. The van der Waals surface area contributed by atoms with Gasteiger partial charge in [0.25, 0.3) is 0 Å². The van der Waals surface area contributed by atoms with Gasteiger partial charge >= 0.3 is 5.97 Å². The Balaban J connectivity index is 2.30. The van der Waals surface area contributed by atoms with E-state index in [9.17, 15) is 14.7 Å². The molecule has 0 aliphatic carbocycles. The van der Waals surface area contributed by atoms with Crippen molar-refractivity contribution in [3.8, 4) is 0 Å². The number of benzene rings is 1. The van der Waals surface area contributed by atoms with E-state index >= 15 is 0 Å². The lowest BCUT2D eigenvalue weighted by Crippen LogP contribution is -2.29. The smallest absolute Gasteiger partial charge is 0.337 e. The molecule has 1 aromatic rings. The maximum absolute atomic E-state index is 12.3. The van der Waals surface area contributed by atoms with Crippen molar-refractivity contribution in [1.29, 1.82) is 0 Å². The monoisotopic (exact) mass is 276 g/mol. The van der Waals surface area contributed by atoms with E-state index in [1.54, 1.807) is 12.1 Å². The van der Waals surface area contributed by atoms with E-state index in [1.165, 1.54) is 6.07 Å². The highest BCUT2D eigenvalue weighted by molar-refractivity contribution is 6.06. The number of carbonyl (C=O) groups is 2. The predicted molar refractivity (Wildman–Crippen MR) is 78.1 cm³/mol. The number of hydrogen-bond acceptors (Lipinski definition) is 3. The second-order valence-electron chi connectivity index (χ2n) is 6.37. The van der Waals surface area contributed by atoms with Crippen molar-refractivity contribution >= 4 is 23.3 Å². The topological polar surface area (TPSA) is 78.4 Å². The Morgan fingerprint density at radius 2 is 2.10 bits per heavy atom. The zero-order valence-electron chi connectivity index (χ0n) is 12.0. The lowest BCUT2D eigenvalue weighted by molar-refractivity contribution is -0.120. The number of para-hydroxylation sites is 1. The van der Waals surface area contributed by atoms with Gasteiger partial charge in [-0.3, -0.25) is 4.79 Å². The van der Waals surface area contributed by atoms with Crippen LogP contribution in [-0.4, -0.2) is 23.5 Å². The largest absolute Gasteiger partial charge is 0.478 e. The van der Waals surface area contributed by atoms with Gasteiger partial charge in [0.1, 0.15) is 0 Å². The minimum atomic E-state index is -1.04. The quantitative estimate of drug-likeness (QED) is 0.776. The zero-order valence-corrected chi connectivity index (χ0v) is 12.0. The van der Waals surface area contributed by atoms with Crippen LogP contribution in [0.5, 0.6) is 0 Å². The van der Waals surface area contributed by atoms with Crippen molar-refractivity contribution < 1.29 is 14.7 Å². The molecule has 0 aromatic heterocycles. The molecule has 1 aliphatic rings. The minimum absolute atomic E-state index is 0.0375. The van der Waals surface area contributed by atoms with E-state index in [0.717, 1.165) is 6.42 Å². The second-order valence-corrected chi connectivity index (χ2v) is 6.37. The number of carboxylic acids is 1. The summed E-state index contributed by atoms with van der Waals surface area (Å²) in [7, 11) is 0. The Hall–Kier alpha value is -2.04. The van der Waals surface area contributed by atoms with Crippen molar-refractivity contribution in [2.45, 2.75) is 27.2 Å². The summed E-state index contributed by atoms with van der Waals surface area (Å²) >= 11 is 0. The van der Waals surface area contributed by atoms with Crippen LogP contribution in [0.1, 0.15) is 37.6 Å².